The zero-order valence-corrected chi connectivity index (χ0v) is 15.5. The molecule has 0 atom stereocenters. The van der Waals surface area contributed by atoms with Gasteiger partial charge in [0.15, 0.2) is 5.76 Å². The molecule has 0 saturated carbocycles. The monoisotopic (exact) mass is 377 g/mol. The van der Waals surface area contributed by atoms with Crippen molar-refractivity contribution in [2.45, 2.75) is 19.6 Å². The second-order valence-corrected chi connectivity index (χ2v) is 6.52. The zero-order valence-electron chi connectivity index (χ0n) is 15.5. The van der Waals surface area contributed by atoms with E-state index in [0.717, 1.165) is 11.1 Å². The standard InChI is InChI=1S/C22H23N3O3/c23-22(27)20-12-11-19(28-20)13-24-21(26)16-25(14-17-7-3-1-4-8-17)15-18-9-5-2-6-10-18/h1-12H,13-16H2,(H2,23,27)(H,24,26). The lowest BCUT2D eigenvalue weighted by Crippen LogP contribution is -2.36. The van der Waals surface area contributed by atoms with Crippen molar-refractivity contribution in [1.29, 1.82) is 0 Å². The fraction of sp³-hybridized carbons (Fsp3) is 0.182. The average Bonchev–Trinajstić information content (AvgIpc) is 3.17. The van der Waals surface area contributed by atoms with E-state index >= 15 is 0 Å². The molecule has 0 fully saturated rings. The highest BCUT2D eigenvalue weighted by atomic mass is 16.4. The topological polar surface area (TPSA) is 88.6 Å². The summed E-state index contributed by atoms with van der Waals surface area (Å²) in [5.41, 5.74) is 7.45. The Kier molecular flexibility index (Phi) is 6.59. The Morgan fingerprint density at radius 1 is 0.857 bits per heavy atom. The van der Waals surface area contributed by atoms with Crippen LogP contribution in [0.2, 0.25) is 0 Å². The first kappa shape index (κ1) is 19.4. The van der Waals surface area contributed by atoms with Crippen molar-refractivity contribution in [3.8, 4) is 0 Å². The van der Waals surface area contributed by atoms with Crippen LogP contribution in [-0.2, 0) is 24.4 Å². The average molecular weight is 377 g/mol. The number of carbonyl (C=O) groups excluding carboxylic acids is 2. The van der Waals surface area contributed by atoms with Gasteiger partial charge in [0, 0.05) is 13.1 Å². The molecule has 0 spiro atoms. The summed E-state index contributed by atoms with van der Waals surface area (Å²) in [5.74, 6) is -0.183. The summed E-state index contributed by atoms with van der Waals surface area (Å²) in [6.45, 7) is 1.77. The number of hydrogen-bond acceptors (Lipinski definition) is 4. The third kappa shape index (κ3) is 5.82. The van der Waals surface area contributed by atoms with Crippen LogP contribution in [0.3, 0.4) is 0 Å². The highest BCUT2D eigenvalue weighted by Gasteiger charge is 2.13. The molecule has 3 rings (SSSR count). The molecule has 0 aliphatic heterocycles. The molecule has 3 N–H and O–H groups in total. The molecule has 1 heterocycles. The van der Waals surface area contributed by atoms with Gasteiger partial charge < -0.3 is 15.5 Å². The molecule has 0 unspecified atom stereocenters. The first-order valence-corrected chi connectivity index (χ1v) is 9.05. The predicted molar refractivity (Wildman–Crippen MR) is 106 cm³/mol. The van der Waals surface area contributed by atoms with Crippen molar-refractivity contribution in [3.05, 3.63) is 95.4 Å². The van der Waals surface area contributed by atoms with E-state index in [2.05, 4.69) is 10.2 Å². The molecule has 0 radical (unpaired) electrons. The molecule has 6 heteroatoms. The summed E-state index contributed by atoms with van der Waals surface area (Å²) in [7, 11) is 0. The number of hydrogen-bond donors (Lipinski definition) is 2. The summed E-state index contributed by atoms with van der Waals surface area (Å²) >= 11 is 0. The number of nitrogens with one attached hydrogen (secondary N) is 1. The molecular formula is C22H23N3O3. The smallest absolute Gasteiger partial charge is 0.284 e. The Hall–Kier alpha value is -3.38. The normalized spacial score (nSPS) is 10.8. The number of amides is 2. The van der Waals surface area contributed by atoms with E-state index < -0.39 is 5.91 Å². The van der Waals surface area contributed by atoms with Gasteiger partial charge in [-0.05, 0) is 23.3 Å². The Balaban J connectivity index is 1.60. The van der Waals surface area contributed by atoms with Crippen LogP contribution < -0.4 is 11.1 Å². The Labute approximate surface area is 164 Å². The lowest BCUT2D eigenvalue weighted by molar-refractivity contribution is -0.122. The zero-order chi connectivity index (χ0) is 19.8. The van der Waals surface area contributed by atoms with Gasteiger partial charge >= 0.3 is 0 Å². The van der Waals surface area contributed by atoms with Crippen LogP contribution in [0.4, 0.5) is 0 Å². The SMILES string of the molecule is NC(=O)c1ccc(CNC(=O)CN(Cc2ccccc2)Cc2ccccc2)o1. The van der Waals surface area contributed by atoms with Crippen molar-refractivity contribution >= 4 is 11.8 Å². The van der Waals surface area contributed by atoms with E-state index in [0.29, 0.717) is 18.8 Å². The van der Waals surface area contributed by atoms with Gasteiger partial charge in [-0.25, -0.2) is 0 Å². The number of rotatable bonds is 9. The first-order valence-electron chi connectivity index (χ1n) is 9.05. The van der Waals surface area contributed by atoms with E-state index in [1.54, 1.807) is 6.07 Å². The minimum absolute atomic E-state index is 0.0824. The summed E-state index contributed by atoms with van der Waals surface area (Å²) in [5, 5.41) is 2.83. The number of primary amides is 1. The third-order valence-electron chi connectivity index (χ3n) is 4.23. The summed E-state index contributed by atoms with van der Waals surface area (Å²) in [4.78, 5) is 25.6. The van der Waals surface area contributed by atoms with Gasteiger partial charge in [-0.2, -0.15) is 0 Å². The third-order valence-corrected chi connectivity index (χ3v) is 4.23. The first-order chi connectivity index (χ1) is 13.6. The fourth-order valence-electron chi connectivity index (χ4n) is 2.90. The van der Waals surface area contributed by atoms with Crippen molar-refractivity contribution in [2.24, 2.45) is 5.73 Å². The van der Waals surface area contributed by atoms with Gasteiger partial charge in [0.25, 0.3) is 5.91 Å². The molecule has 0 saturated heterocycles. The van der Waals surface area contributed by atoms with E-state index in [9.17, 15) is 9.59 Å². The molecule has 144 valence electrons. The Morgan fingerprint density at radius 2 is 1.43 bits per heavy atom. The Bertz CT molecular complexity index is 866. The highest BCUT2D eigenvalue weighted by molar-refractivity contribution is 5.89. The molecule has 2 aromatic carbocycles. The number of nitrogens with zero attached hydrogens (tertiary/aromatic N) is 1. The minimum atomic E-state index is -0.630. The van der Waals surface area contributed by atoms with E-state index in [4.69, 9.17) is 10.2 Å². The van der Waals surface area contributed by atoms with Gasteiger partial charge in [-0.1, -0.05) is 60.7 Å². The largest absolute Gasteiger partial charge is 0.454 e. The summed E-state index contributed by atoms with van der Waals surface area (Å²) < 4.78 is 5.29. The van der Waals surface area contributed by atoms with E-state index in [1.807, 2.05) is 60.7 Å². The van der Waals surface area contributed by atoms with Gasteiger partial charge in [0.1, 0.15) is 5.76 Å². The van der Waals surface area contributed by atoms with Gasteiger partial charge in [-0.3, -0.25) is 14.5 Å². The number of furan rings is 1. The van der Waals surface area contributed by atoms with Crippen LogP contribution in [-0.4, -0.2) is 23.3 Å². The van der Waals surface area contributed by atoms with Gasteiger partial charge in [-0.15, -0.1) is 0 Å². The van der Waals surface area contributed by atoms with Crippen LogP contribution in [0.15, 0.2) is 77.2 Å². The quantitative estimate of drug-likeness (QED) is 0.600. The van der Waals surface area contributed by atoms with Crippen molar-refractivity contribution in [1.82, 2.24) is 10.2 Å². The number of benzene rings is 2. The lowest BCUT2D eigenvalue weighted by atomic mass is 10.1. The van der Waals surface area contributed by atoms with Crippen LogP contribution in [0.5, 0.6) is 0 Å². The fourth-order valence-corrected chi connectivity index (χ4v) is 2.90. The molecular weight excluding hydrogens is 354 g/mol. The molecule has 0 aliphatic rings. The number of nitrogens with two attached hydrogens (primary N) is 1. The molecule has 28 heavy (non-hydrogen) atoms. The molecule has 0 aliphatic carbocycles. The maximum absolute atomic E-state index is 12.5. The molecule has 2 amide bonds. The van der Waals surface area contributed by atoms with Crippen LogP contribution in [0.25, 0.3) is 0 Å². The number of carbonyl (C=O) groups is 2. The van der Waals surface area contributed by atoms with Crippen LogP contribution in [0.1, 0.15) is 27.4 Å². The van der Waals surface area contributed by atoms with E-state index in [1.165, 1.54) is 6.07 Å². The minimum Gasteiger partial charge on any atom is -0.454 e. The van der Waals surface area contributed by atoms with Crippen LogP contribution in [0, 0.1) is 0 Å². The molecule has 6 nitrogen and oxygen atoms in total. The Morgan fingerprint density at radius 3 is 1.93 bits per heavy atom. The molecule has 1 aromatic heterocycles. The second kappa shape index (κ2) is 9.53. The molecule has 3 aromatic rings. The predicted octanol–water partition coefficient (Wildman–Crippen LogP) is 2.70. The van der Waals surface area contributed by atoms with Crippen molar-refractivity contribution < 1.29 is 14.0 Å². The van der Waals surface area contributed by atoms with Crippen molar-refractivity contribution in [2.75, 3.05) is 6.54 Å². The van der Waals surface area contributed by atoms with E-state index in [-0.39, 0.29) is 24.8 Å². The summed E-state index contributed by atoms with van der Waals surface area (Å²) in [6.07, 6.45) is 0. The summed E-state index contributed by atoms with van der Waals surface area (Å²) in [6, 6.07) is 23.2. The van der Waals surface area contributed by atoms with Gasteiger partial charge in [0.2, 0.25) is 5.91 Å². The lowest BCUT2D eigenvalue weighted by Gasteiger charge is -2.22. The second-order valence-electron chi connectivity index (χ2n) is 6.52. The maximum atomic E-state index is 12.5. The van der Waals surface area contributed by atoms with Crippen molar-refractivity contribution in [3.63, 3.8) is 0 Å². The highest BCUT2D eigenvalue weighted by Crippen LogP contribution is 2.10. The maximum Gasteiger partial charge on any atom is 0.284 e. The van der Waals surface area contributed by atoms with Gasteiger partial charge in [0.05, 0.1) is 13.1 Å². The molecule has 0 bridgehead atoms. The van der Waals surface area contributed by atoms with Crippen LogP contribution >= 0.6 is 0 Å².